The summed E-state index contributed by atoms with van der Waals surface area (Å²) in [6.45, 7) is 3.23. The van der Waals surface area contributed by atoms with Gasteiger partial charge in [-0.25, -0.2) is 0 Å². The van der Waals surface area contributed by atoms with Gasteiger partial charge in [-0.3, -0.25) is 9.59 Å². The lowest BCUT2D eigenvalue weighted by Crippen LogP contribution is -3.08. The van der Waals surface area contributed by atoms with E-state index < -0.39 is 0 Å². The van der Waals surface area contributed by atoms with E-state index in [-0.39, 0.29) is 11.8 Å². The number of likely N-dealkylation sites (N-methyl/N-ethyl adjacent to an activating group) is 1. The molecule has 3 N–H and O–H groups in total. The minimum atomic E-state index is -0.143. The summed E-state index contributed by atoms with van der Waals surface area (Å²) in [4.78, 5) is 24.7. The van der Waals surface area contributed by atoms with Crippen LogP contribution in [0.3, 0.4) is 0 Å². The van der Waals surface area contributed by atoms with Crippen molar-refractivity contribution in [2.24, 2.45) is 0 Å². The Morgan fingerprint density at radius 3 is 2.21 bits per heavy atom. The molecular weight excluding hydrogens is 302 g/mol. The lowest BCUT2D eigenvalue weighted by atomic mass is 10.1. The van der Waals surface area contributed by atoms with Crippen molar-refractivity contribution >= 4 is 17.5 Å². The smallest absolute Gasteiger partial charge is 0.279 e. The maximum atomic E-state index is 12.1. The van der Waals surface area contributed by atoms with Crippen LogP contribution >= 0.6 is 0 Å². The highest BCUT2D eigenvalue weighted by atomic mass is 16.2. The molecule has 2 aromatic rings. The van der Waals surface area contributed by atoms with Crippen LogP contribution in [0.25, 0.3) is 0 Å². The monoisotopic (exact) mass is 326 g/mol. The van der Waals surface area contributed by atoms with Crippen LogP contribution < -0.4 is 15.5 Å². The third kappa shape index (κ3) is 5.21. The molecule has 0 fully saturated rings. The van der Waals surface area contributed by atoms with Crippen molar-refractivity contribution in [1.82, 2.24) is 5.32 Å². The molecule has 2 rings (SSSR count). The molecule has 126 valence electrons. The zero-order valence-electron chi connectivity index (χ0n) is 14.3. The highest BCUT2D eigenvalue weighted by Crippen LogP contribution is 2.09. The minimum absolute atomic E-state index is 0.0488. The number of amides is 2. The van der Waals surface area contributed by atoms with Crippen molar-refractivity contribution < 1.29 is 14.5 Å². The maximum Gasteiger partial charge on any atom is 0.279 e. The molecule has 24 heavy (non-hydrogen) atoms. The van der Waals surface area contributed by atoms with Crippen molar-refractivity contribution in [2.75, 3.05) is 26.0 Å². The van der Waals surface area contributed by atoms with Gasteiger partial charge in [-0.15, -0.1) is 0 Å². The highest BCUT2D eigenvalue weighted by Gasteiger charge is 2.11. The normalized spacial score (nSPS) is 11.6. The first-order chi connectivity index (χ1) is 11.5. The van der Waals surface area contributed by atoms with Gasteiger partial charge in [-0.1, -0.05) is 29.8 Å². The average molecular weight is 326 g/mol. The first-order valence-corrected chi connectivity index (χ1v) is 7.97. The first kappa shape index (κ1) is 17.7. The average Bonchev–Trinajstić information content (AvgIpc) is 2.56. The molecule has 0 saturated heterocycles. The van der Waals surface area contributed by atoms with Gasteiger partial charge in [0.25, 0.3) is 11.8 Å². The lowest BCUT2D eigenvalue weighted by molar-refractivity contribution is -0.885. The van der Waals surface area contributed by atoms with Crippen molar-refractivity contribution in [3.05, 3.63) is 65.2 Å². The van der Waals surface area contributed by atoms with E-state index in [2.05, 4.69) is 41.8 Å². The number of anilines is 1. The summed E-state index contributed by atoms with van der Waals surface area (Å²) in [5.41, 5.74) is 3.70. The van der Waals surface area contributed by atoms with Crippen molar-refractivity contribution in [3.63, 3.8) is 0 Å². The predicted octanol–water partition coefficient (Wildman–Crippen LogP) is 1.01. The SMILES string of the molecule is CNC(=O)c1ccc(NC(=O)C[NH+](C)Cc2ccc(C)cc2)cc1. The predicted molar refractivity (Wildman–Crippen MR) is 95.1 cm³/mol. The van der Waals surface area contributed by atoms with Gasteiger partial charge in [0.15, 0.2) is 6.54 Å². The van der Waals surface area contributed by atoms with E-state index in [4.69, 9.17) is 0 Å². The van der Waals surface area contributed by atoms with Crippen LogP contribution in [0.1, 0.15) is 21.5 Å². The molecule has 0 aliphatic heterocycles. The number of hydrogen-bond acceptors (Lipinski definition) is 2. The number of carbonyl (C=O) groups is 2. The number of rotatable bonds is 6. The van der Waals surface area contributed by atoms with Crippen LogP contribution in [0.15, 0.2) is 48.5 Å². The zero-order valence-corrected chi connectivity index (χ0v) is 14.3. The van der Waals surface area contributed by atoms with E-state index in [0.717, 1.165) is 11.4 Å². The van der Waals surface area contributed by atoms with E-state index in [9.17, 15) is 9.59 Å². The number of nitrogens with one attached hydrogen (secondary N) is 3. The van der Waals surface area contributed by atoms with Crippen LogP contribution in [0, 0.1) is 6.92 Å². The molecule has 0 aliphatic rings. The minimum Gasteiger partial charge on any atom is -0.355 e. The molecule has 0 radical (unpaired) electrons. The number of benzene rings is 2. The van der Waals surface area contributed by atoms with E-state index in [1.165, 1.54) is 11.1 Å². The Labute approximate surface area is 142 Å². The summed E-state index contributed by atoms with van der Waals surface area (Å²) in [5.74, 6) is -0.192. The second-order valence-corrected chi connectivity index (χ2v) is 6.00. The molecule has 0 saturated carbocycles. The second kappa shape index (κ2) is 8.26. The van der Waals surface area contributed by atoms with Crippen LogP contribution in [0.2, 0.25) is 0 Å². The molecule has 0 aromatic heterocycles. The van der Waals surface area contributed by atoms with Gasteiger partial charge in [-0.2, -0.15) is 0 Å². The Morgan fingerprint density at radius 2 is 1.62 bits per heavy atom. The fourth-order valence-corrected chi connectivity index (χ4v) is 2.45. The van der Waals surface area contributed by atoms with Crippen LogP contribution in [-0.4, -0.2) is 32.5 Å². The van der Waals surface area contributed by atoms with Gasteiger partial charge in [-0.05, 0) is 31.2 Å². The summed E-state index contributed by atoms with van der Waals surface area (Å²) >= 11 is 0. The molecule has 5 nitrogen and oxygen atoms in total. The molecule has 0 bridgehead atoms. The first-order valence-electron chi connectivity index (χ1n) is 7.97. The molecule has 1 atom stereocenters. The molecule has 5 heteroatoms. The number of aryl methyl sites for hydroxylation is 1. The van der Waals surface area contributed by atoms with Gasteiger partial charge in [0.2, 0.25) is 0 Å². The summed E-state index contributed by atoms with van der Waals surface area (Å²) < 4.78 is 0. The Hall–Kier alpha value is -2.66. The molecule has 0 heterocycles. The second-order valence-electron chi connectivity index (χ2n) is 6.00. The van der Waals surface area contributed by atoms with Crippen LogP contribution in [0.4, 0.5) is 5.69 Å². The maximum absolute atomic E-state index is 12.1. The van der Waals surface area contributed by atoms with Crippen LogP contribution in [-0.2, 0) is 11.3 Å². The van der Waals surface area contributed by atoms with Crippen LogP contribution in [0.5, 0.6) is 0 Å². The standard InChI is InChI=1S/C19H23N3O2/c1-14-4-6-15(7-5-14)12-22(3)13-18(23)21-17-10-8-16(9-11-17)19(24)20-2/h4-11H,12-13H2,1-3H3,(H,20,24)(H,21,23)/p+1. The Kier molecular flexibility index (Phi) is 6.09. The van der Waals surface area contributed by atoms with Crippen molar-refractivity contribution in [3.8, 4) is 0 Å². The summed E-state index contributed by atoms with van der Waals surface area (Å²) in [6.07, 6.45) is 0. The van der Waals surface area contributed by atoms with Gasteiger partial charge >= 0.3 is 0 Å². The van der Waals surface area contributed by atoms with E-state index in [1.54, 1.807) is 31.3 Å². The van der Waals surface area contributed by atoms with E-state index in [1.807, 2.05) is 7.05 Å². The zero-order chi connectivity index (χ0) is 17.5. The third-order valence-electron chi connectivity index (χ3n) is 3.75. The highest BCUT2D eigenvalue weighted by molar-refractivity contribution is 5.95. The van der Waals surface area contributed by atoms with Gasteiger partial charge in [0, 0.05) is 23.9 Å². The summed E-state index contributed by atoms with van der Waals surface area (Å²) in [6, 6.07) is 15.2. The summed E-state index contributed by atoms with van der Waals surface area (Å²) in [5, 5.41) is 5.42. The number of quaternary nitrogens is 1. The Bertz CT molecular complexity index is 694. The largest absolute Gasteiger partial charge is 0.355 e. The lowest BCUT2D eigenvalue weighted by Gasteiger charge is -2.14. The Balaban J connectivity index is 1.85. The van der Waals surface area contributed by atoms with E-state index in [0.29, 0.717) is 17.8 Å². The van der Waals surface area contributed by atoms with Gasteiger partial charge < -0.3 is 15.5 Å². The number of carbonyl (C=O) groups excluding carboxylic acids is 2. The quantitative estimate of drug-likeness (QED) is 0.742. The molecule has 0 aliphatic carbocycles. The Morgan fingerprint density at radius 1 is 1.00 bits per heavy atom. The molecule has 0 spiro atoms. The fourth-order valence-electron chi connectivity index (χ4n) is 2.45. The molecule has 2 aromatic carbocycles. The van der Waals surface area contributed by atoms with Crippen molar-refractivity contribution in [2.45, 2.75) is 13.5 Å². The molecular formula is C19H24N3O2+. The van der Waals surface area contributed by atoms with Gasteiger partial charge in [0.1, 0.15) is 6.54 Å². The topological polar surface area (TPSA) is 62.6 Å². The molecule has 1 unspecified atom stereocenters. The third-order valence-corrected chi connectivity index (χ3v) is 3.75. The molecule has 2 amide bonds. The van der Waals surface area contributed by atoms with Gasteiger partial charge in [0.05, 0.1) is 7.05 Å². The summed E-state index contributed by atoms with van der Waals surface area (Å²) in [7, 11) is 3.58. The fraction of sp³-hybridized carbons (Fsp3) is 0.263. The number of hydrogen-bond donors (Lipinski definition) is 3. The van der Waals surface area contributed by atoms with E-state index >= 15 is 0 Å². The van der Waals surface area contributed by atoms with Crippen molar-refractivity contribution in [1.29, 1.82) is 0 Å².